The van der Waals surface area contributed by atoms with E-state index in [4.69, 9.17) is 10.5 Å². The number of aryl methyl sites for hydroxylation is 1. The number of rotatable bonds is 7. The van der Waals surface area contributed by atoms with Crippen LogP contribution < -0.4 is 11.3 Å². The Balaban J connectivity index is 2.18. The molecule has 0 radical (unpaired) electrons. The van der Waals surface area contributed by atoms with Crippen molar-refractivity contribution in [2.75, 3.05) is 12.8 Å². The van der Waals surface area contributed by atoms with Crippen LogP contribution in [0.1, 0.15) is 73.0 Å². The molecule has 1 aliphatic rings. The lowest BCUT2D eigenvalue weighted by molar-refractivity contribution is -0.109. The number of nitrogens with zero attached hydrogens (tertiary/aromatic N) is 1. The van der Waals surface area contributed by atoms with E-state index in [2.05, 4.69) is 6.92 Å². The predicted octanol–water partition coefficient (Wildman–Crippen LogP) is 5.08. The van der Waals surface area contributed by atoms with E-state index in [-0.39, 0.29) is 29.8 Å². The molecule has 178 valence electrons. The van der Waals surface area contributed by atoms with Crippen molar-refractivity contribution in [3.05, 3.63) is 67.4 Å². The van der Waals surface area contributed by atoms with Crippen molar-refractivity contribution in [1.29, 1.82) is 0 Å². The maximum atomic E-state index is 14.3. The van der Waals surface area contributed by atoms with E-state index >= 15 is 0 Å². The van der Waals surface area contributed by atoms with Crippen LogP contribution in [-0.2, 0) is 29.1 Å². The van der Waals surface area contributed by atoms with Crippen LogP contribution in [0.15, 0.2) is 22.5 Å². The molecule has 2 N–H and O–H groups in total. The molecule has 0 aliphatic heterocycles. The Morgan fingerprint density at radius 3 is 2.67 bits per heavy atom. The molecule has 33 heavy (non-hydrogen) atoms. The molecule has 0 bridgehead atoms. The van der Waals surface area contributed by atoms with Crippen LogP contribution >= 0.6 is 0 Å². The molecule has 0 amide bonds. The summed E-state index contributed by atoms with van der Waals surface area (Å²) in [6.07, 6.45) is 3.21. The van der Waals surface area contributed by atoms with Crippen molar-refractivity contribution in [2.24, 2.45) is 5.92 Å². The summed E-state index contributed by atoms with van der Waals surface area (Å²) in [5, 5.41) is 0. The Kier molecular flexibility index (Phi) is 7.58. The van der Waals surface area contributed by atoms with Gasteiger partial charge in [-0.15, -0.1) is 0 Å². The number of nitrogens with two attached hydrogens (primary N) is 1. The van der Waals surface area contributed by atoms with Gasteiger partial charge in [-0.1, -0.05) is 13.8 Å². The second kappa shape index (κ2) is 10.0. The third-order valence-corrected chi connectivity index (χ3v) is 7.06. The largest absolute Gasteiger partial charge is 0.398 e. The average molecular weight is 455 g/mol. The number of allylic oxidation sites excluding steroid dienone is 2. The van der Waals surface area contributed by atoms with Crippen LogP contribution in [-0.4, -0.2) is 18.0 Å². The fourth-order valence-corrected chi connectivity index (χ4v) is 5.20. The molecule has 1 aliphatic carbocycles. The van der Waals surface area contributed by atoms with Gasteiger partial charge in [0, 0.05) is 42.1 Å². The highest BCUT2D eigenvalue weighted by Gasteiger charge is 2.28. The minimum atomic E-state index is -0.335. The monoisotopic (exact) mass is 454 g/mol. The van der Waals surface area contributed by atoms with Crippen LogP contribution in [0.25, 0.3) is 5.57 Å². The SMILES string of the molecule is CCC(C=O)c1cc(C)n(C/C(C)=C2/c3c(N)cc(F)c(C)c3CCC2C)c(=O)c1COC. The normalized spacial score (nSPS) is 18.1. The number of carbonyl (C=O) groups is 1. The second-order valence-electron chi connectivity index (χ2n) is 9.25. The molecule has 2 aromatic rings. The molecular weight excluding hydrogens is 419 g/mol. The number of halogens is 1. The summed E-state index contributed by atoms with van der Waals surface area (Å²) in [6, 6.07) is 3.34. The lowest BCUT2D eigenvalue weighted by atomic mass is 9.76. The molecule has 1 heterocycles. The summed E-state index contributed by atoms with van der Waals surface area (Å²) in [5.74, 6) is -0.359. The van der Waals surface area contributed by atoms with Gasteiger partial charge in [0.1, 0.15) is 12.1 Å². The van der Waals surface area contributed by atoms with Crippen molar-refractivity contribution in [3.8, 4) is 0 Å². The first-order valence-electron chi connectivity index (χ1n) is 11.6. The number of aldehydes is 1. The van der Waals surface area contributed by atoms with Gasteiger partial charge in [-0.2, -0.15) is 0 Å². The van der Waals surface area contributed by atoms with Gasteiger partial charge in [0.25, 0.3) is 5.56 Å². The van der Waals surface area contributed by atoms with Crippen molar-refractivity contribution < 1.29 is 13.9 Å². The number of ether oxygens (including phenoxy) is 1. The van der Waals surface area contributed by atoms with Gasteiger partial charge in [0.2, 0.25) is 0 Å². The van der Waals surface area contributed by atoms with E-state index in [1.807, 2.05) is 26.8 Å². The summed E-state index contributed by atoms with van der Waals surface area (Å²) in [7, 11) is 1.55. The van der Waals surface area contributed by atoms with Gasteiger partial charge in [-0.25, -0.2) is 4.39 Å². The lowest BCUT2D eigenvalue weighted by Gasteiger charge is -2.30. The molecule has 1 aromatic heterocycles. The van der Waals surface area contributed by atoms with E-state index in [0.29, 0.717) is 29.8 Å². The number of benzene rings is 1. The zero-order valence-electron chi connectivity index (χ0n) is 20.5. The predicted molar refractivity (Wildman–Crippen MR) is 131 cm³/mol. The van der Waals surface area contributed by atoms with Crippen LogP contribution in [0.5, 0.6) is 0 Å². The van der Waals surface area contributed by atoms with E-state index in [1.54, 1.807) is 18.6 Å². The fourth-order valence-electron chi connectivity index (χ4n) is 5.20. The molecule has 0 fully saturated rings. The topological polar surface area (TPSA) is 74.3 Å². The van der Waals surface area contributed by atoms with Crippen molar-refractivity contribution >= 4 is 17.5 Å². The molecule has 1 aromatic carbocycles. The zero-order chi connectivity index (χ0) is 24.4. The third kappa shape index (κ3) is 4.54. The fraction of sp³-hybridized carbons (Fsp3) is 0.481. The summed E-state index contributed by atoms with van der Waals surface area (Å²) in [6.45, 7) is 10.4. The Labute approximate surface area is 195 Å². The molecule has 2 atom stereocenters. The van der Waals surface area contributed by atoms with E-state index < -0.39 is 0 Å². The number of carbonyl (C=O) groups excluding carboxylic acids is 1. The molecule has 0 spiro atoms. The van der Waals surface area contributed by atoms with Crippen LogP contribution in [0.4, 0.5) is 10.1 Å². The number of hydrogen-bond donors (Lipinski definition) is 1. The second-order valence-corrected chi connectivity index (χ2v) is 9.25. The maximum Gasteiger partial charge on any atom is 0.256 e. The molecule has 3 rings (SSSR count). The first kappa shape index (κ1) is 24.9. The van der Waals surface area contributed by atoms with Gasteiger partial charge < -0.3 is 19.8 Å². The van der Waals surface area contributed by atoms with Crippen molar-refractivity contribution in [2.45, 2.75) is 73.0 Å². The molecule has 2 unspecified atom stereocenters. The average Bonchev–Trinajstić information content (AvgIpc) is 2.78. The molecule has 5 nitrogen and oxygen atoms in total. The number of fused-ring (bicyclic) bond motifs is 1. The van der Waals surface area contributed by atoms with Gasteiger partial charge in [-0.05, 0) is 85.9 Å². The number of aromatic nitrogens is 1. The zero-order valence-corrected chi connectivity index (χ0v) is 20.5. The summed E-state index contributed by atoms with van der Waals surface area (Å²) < 4.78 is 21.4. The third-order valence-electron chi connectivity index (χ3n) is 7.06. The van der Waals surface area contributed by atoms with Crippen LogP contribution in [0.3, 0.4) is 0 Å². The number of hydrogen-bond acceptors (Lipinski definition) is 4. The standard InChI is InChI=1S/C27H35FN2O3/c1-7-19(13-31)21-10-17(4)30(27(32)22(21)14-33-6)12-16(3)25-15(2)8-9-20-18(5)23(28)11-24(29)26(20)25/h10-11,13,15,19H,7-9,12,14,29H2,1-6H3/b25-16+. The molecular formula is C27H35FN2O3. The Morgan fingerprint density at radius 1 is 1.36 bits per heavy atom. The molecule has 0 saturated carbocycles. The highest BCUT2D eigenvalue weighted by atomic mass is 19.1. The van der Waals surface area contributed by atoms with E-state index in [1.165, 1.54) is 6.07 Å². The van der Waals surface area contributed by atoms with Gasteiger partial charge in [-0.3, -0.25) is 4.79 Å². The van der Waals surface area contributed by atoms with Gasteiger partial charge in [0.05, 0.1) is 6.61 Å². The Hall–Kier alpha value is -2.73. The lowest BCUT2D eigenvalue weighted by Crippen LogP contribution is -2.29. The highest BCUT2D eigenvalue weighted by Crippen LogP contribution is 2.42. The minimum Gasteiger partial charge on any atom is -0.398 e. The van der Waals surface area contributed by atoms with Crippen LogP contribution in [0, 0.1) is 25.6 Å². The molecule has 6 heteroatoms. The van der Waals surface area contributed by atoms with Gasteiger partial charge >= 0.3 is 0 Å². The first-order valence-corrected chi connectivity index (χ1v) is 11.6. The number of anilines is 1. The summed E-state index contributed by atoms with van der Waals surface area (Å²) >= 11 is 0. The minimum absolute atomic E-state index is 0.140. The quantitative estimate of drug-likeness (QED) is 0.468. The Morgan fingerprint density at radius 2 is 2.06 bits per heavy atom. The van der Waals surface area contributed by atoms with Crippen molar-refractivity contribution in [1.82, 2.24) is 4.57 Å². The summed E-state index contributed by atoms with van der Waals surface area (Å²) in [4.78, 5) is 25.1. The Bertz CT molecular complexity index is 1160. The number of nitrogen functional groups attached to an aromatic ring is 1. The summed E-state index contributed by atoms with van der Waals surface area (Å²) in [5.41, 5.74) is 13.4. The number of methoxy groups -OCH3 is 1. The van der Waals surface area contributed by atoms with E-state index in [0.717, 1.165) is 52.7 Å². The molecule has 0 saturated heterocycles. The van der Waals surface area contributed by atoms with Crippen LogP contribution in [0.2, 0.25) is 0 Å². The number of pyridine rings is 1. The smallest absolute Gasteiger partial charge is 0.256 e. The highest BCUT2D eigenvalue weighted by molar-refractivity contribution is 5.82. The van der Waals surface area contributed by atoms with Gasteiger partial charge in [0.15, 0.2) is 0 Å². The first-order chi connectivity index (χ1) is 15.7. The van der Waals surface area contributed by atoms with E-state index in [9.17, 15) is 14.0 Å². The van der Waals surface area contributed by atoms with Crippen molar-refractivity contribution in [3.63, 3.8) is 0 Å². The maximum absolute atomic E-state index is 14.3.